The molecule has 1 aromatic carbocycles. The summed E-state index contributed by atoms with van der Waals surface area (Å²) in [5.74, 6) is -0.738. The predicted molar refractivity (Wildman–Crippen MR) is 85.3 cm³/mol. The second kappa shape index (κ2) is 7.79. The minimum atomic E-state index is -3.83. The Labute approximate surface area is 130 Å². The predicted octanol–water partition coefficient (Wildman–Crippen LogP) is 1.08. The van der Waals surface area contributed by atoms with Gasteiger partial charge in [-0.25, -0.2) is 17.5 Å². The topological polar surface area (TPSA) is 75.4 Å². The summed E-state index contributed by atoms with van der Waals surface area (Å²) in [4.78, 5) is 1.52. The van der Waals surface area contributed by atoms with Gasteiger partial charge in [-0.3, -0.25) is 0 Å². The van der Waals surface area contributed by atoms with E-state index in [9.17, 15) is 12.8 Å². The van der Waals surface area contributed by atoms with Crippen LogP contribution in [0, 0.1) is 5.82 Å². The van der Waals surface area contributed by atoms with Gasteiger partial charge in [0.05, 0.1) is 10.5 Å². The van der Waals surface area contributed by atoms with E-state index in [0.717, 1.165) is 19.0 Å². The van der Waals surface area contributed by atoms with Crippen molar-refractivity contribution in [1.82, 2.24) is 9.62 Å². The lowest BCUT2D eigenvalue weighted by Gasteiger charge is -2.12. The van der Waals surface area contributed by atoms with Gasteiger partial charge in [-0.1, -0.05) is 18.3 Å². The molecule has 1 rings (SSSR count). The summed E-state index contributed by atoms with van der Waals surface area (Å²) in [6, 6.07) is 3.74. The minimum absolute atomic E-state index is 0.220. The van der Waals surface area contributed by atoms with Crippen LogP contribution < -0.4 is 10.5 Å². The number of rotatable bonds is 8. The Balaban J connectivity index is 2.80. The molecule has 0 heterocycles. The normalized spacial score (nSPS) is 11.8. The van der Waals surface area contributed by atoms with E-state index in [4.69, 9.17) is 18.0 Å². The summed E-state index contributed by atoms with van der Waals surface area (Å²) in [6.07, 6.45) is 1.55. The molecule has 0 aliphatic carbocycles. The fourth-order valence-corrected chi connectivity index (χ4v) is 3.38. The molecule has 0 spiro atoms. The SMILES string of the molecule is CN(C)CCCCNS(=O)(=O)c1cccc(F)c1C(N)=S. The van der Waals surface area contributed by atoms with Gasteiger partial charge in [0.25, 0.3) is 0 Å². The summed E-state index contributed by atoms with van der Waals surface area (Å²) >= 11 is 4.73. The van der Waals surface area contributed by atoms with Crippen molar-refractivity contribution in [3.8, 4) is 0 Å². The lowest BCUT2D eigenvalue weighted by atomic mass is 10.2. The number of nitrogens with one attached hydrogen (secondary N) is 1. The lowest BCUT2D eigenvalue weighted by molar-refractivity contribution is 0.394. The van der Waals surface area contributed by atoms with Crippen LogP contribution in [0.15, 0.2) is 23.1 Å². The molecule has 5 nitrogen and oxygen atoms in total. The molecule has 0 bridgehead atoms. The highest BCUT2D eigenvalue weighted by molar-refractivity contribution is 7.89. The first-order valence-electron chi connectivity index (χ1n) is 6.48. The van der Waals surface area contributed by atoms with Gasteiger partial charge in [0.2, 0.25) is 10.0 Å². The molecule has 3 N–H and O–H groups in total. The van der Waals surface area contributed by atoms with Crippen LogP contribution in [0.25, 0.3) is 0 Å². The van der Waals surface area contributed by atoms with E-state index >= 15 is 0 Å². The van der Waals surface area contributed by atoms with Gasteiger partial charge >= 0.3 is 0 Å². The van der Waals surface area contributed by atoms with Crippen LogP contribution in [0.2, 0.25) is 0 Å². The number of halogens is 1. The molecule has 0 unspecified atom stereocenters. The van der Waals surface area contributed by atoms with Gasteiger partial charge in [0.1, 0.15) is 10.8 Å². The summed E-state index contributed by atoms with van der Waals surface area (Å²) in [7, 11) is 0.0693. The number of unbranched alkanes of at least 4 members (excludes halogenated alkanes) is 1. The number of thiocarbonyl (C=S) groups is 1. The second-order valence-electron chi connectivity index (χ2n) is 4.89. The molecule has 21 heavy (non-hydrogen) atoms. The van der Waals surface area contributed by atoms with E-state index in [0.29, 0.717) is 6.42 Å². The van der Waals surface area contributed by atoms with E-state index in [2.05, 4.69) is 4.72 Å². The number of hydrogen-bond acceptors (Lipinski definition) is 4. The molecule has 0 fully saturated rings. The quantitative estimate of drug-likeness (QED) is 0.550. The third-order valence-electron chi connectivity index (χ3n) is 2.84. The van der Waals surface area contributed by atoms with E-state index < -0.39 is 15.8 Å². The Morgan fingerprint density at radius 3 is 2.62 bits per heavy atom. The first-order valence-corrected chi connectivity index (χ1v) is 8.37. The van der Waals surface area contributed by atoms with Gasteiger partial charge in [-0.2, -0.15) is 0 Å². The van der Waals surface area contributed by atoms with Crippen molar-refractivity contribution in [2.45, 2.75) is 17.7 Å². The van der Waals surface area contributed by atoms with Crippen molar-refractivity contribution >= 4 is 27.2 Å². The molecule has 0 aromatic heterocycles. The highest BCUT2D eigenvalue weighted by Gasteiger charge is 2.22. The maximum atomic E-state index is 13.7. The maximum Gasteiger partial charge on any atom is 0.241 e. The number of hydrogen-bond donors (Lipinski definition) is 2. The van der Waals surface area contributed by atoms with Crippen molar-refractivity contribution in [2.24, 2.45) is 5.73 Å². The average molecular weight is 333 g/mol. The molecule has 1 aromatic rings. The Hall–Kier alpha value is -1.09. The molecule has 8 heteroatoms. The summed E-state index contributed by atoms with van der Waals surface area (Å²) in [6.45, 7) is 1.16. The number of nitrogens with two attached hydrogens (primary N) is 1. The second-order valence-corrected chi connectivity index (χ2v) is 7.06. The molecule has 118 valence electrons. The van der Waals surface area contributed by atoms with Gasteiger partial charge in [-0.15, -0.1) is 0 Å². The minimum Gasteiger partial charge on any atom is -0.389 e. The fraction of sp³-hybridized carbons (Fsp3) is 0.462. The van der Waals surface area contributed by atoms with Crippen LogP contribution in [0.3, 0.4) is 0 Å². The van der Waals surface area contributed by atoms with E-state index in [-0.39, 0.29) is 22.0 Å². The van der Waals surface area contributed by atoms with Gasteiger partial charge in [-0.05, 0) is 45.6 Å². The van der Waals surface area contributed by atoms with Crippen LogP contribution in [0.1, 0.15) is 18.4 Å². The van der Waals surface area contributed by atoms with E-state index in [1.165, 1.54) is 12.1 Å². The average Bonchev–Trinajstić information content (AvgIpc) is 2.37. The van der Waals surface area contributed by atoms with Crippen LogP contribution in [-0.2, 0) is 10.0 Å². The molecule has 0 atom stereocenters. The van der Waals surface area contributed by atoms with Crippen molar-refractivity contribution in [3.63, 3.8) is 0 Å². The molecule has 0 saturated heterocycles. The number of benzene rings is 1. The molecule has 0 radical (unpaired) electrons. The molecule has 0 amide bonds. The van der Waals surface area contributed by atoms with Crippen LogP contribution in [0.5, 0.6) is 0 Å². The monoisotopic (exact) mass is 333 g/mol. The molecule has 0 saturated carbocycles. The molecule has 0 aliphatic rings. The molecular weight excluding hydrogens is 313 g/mol. The maximum absolute atomic E-state index is 13.7. The third kappa shape index (κ3) is 5.31. The molecular formula is C13H20FN3O2S2. The summed E-state index contributed by atoms with van der Waals surface area (Å²) in [5.41, 5.74) is 5.17. The lowest BCUT2D eigenvalue weighted by Crippen LogP contribution is -2.28. The Morgan fingerprint density at radius 2 is 2.05 bits per heavy atom. The zero-order chi connectivity index (χ0) is 16.0. The smallest absolute Gasteiger partial charge is 0.241 e. The largest absolute Gasteiger partial charge is 0.389 e. The highest BCUT2D eigenvalue weighted by atomic mass is 32.2. The zero-order valence-electron chi connectivity index (χ0n) is 12.1. The highest BCUT2D eigenvalue weighted by Crippen LogP contribution is 2.18. The van der Waals surface area contributed by atoms with Crippen molar-refractivity contribution in [2.75, 3.05) is 27.2 Å². The van der Waals surface area contributed by atoms with Gasteiger partial charge in [0.15, 0.2) is 0 Å². The van der Waals surface area contributed by atoms with Crippen molar-refractivity contribution < 1.29 is 12.8 Å². The zero-order valence-corrected chi connectivity index (χ0v) is 13.7. The Bertz CT molecular complexity index is 603. The van der Waals surface area contributed by atoms with Crippen LogP contribution in [0.4, 0.5) is 4.39 Å². The van der Waals surface area contributed by atoms with Gasteiger partial charge < -0.3 is 10.6 Å². The fourth-order valence-electron chi connectivity index (χ4n) is 1.80. The van der Waals surface area contributed by atoms with Gasteiger partial charge in [0, 0.05) is 6.54 Å². The number of sulfonamides is 1. The first kappa shape index (κ1) is 18.0. The number of nitrogens with zero attached hydrogens (tertiary/aromatic N) is 1. The first-order chi connectivity index (χ1) is 9.75. The summed E-state index contributed by atoms with van der Waals surface area (Å²) < 4.78 is 40.5. The standard InChI is InChI=1S/C13H20FN3O2S2/c1-17(2)9-4-3-8-16-21(18,19)11-7-5-6-10(14)12(11)13(15)20/h5-7,16H,3-4,8-9H2,1-2H3,(H2,15,20). The summed E-state index contributed by atoms with van der Waals surface area (Å²) in [5, 5.41) is 0. The van der Waals surface area contributed by atoms with Crippen molar-refractivity contribution in [1.29, 1.82) is 0 Å². The van der Waals surface area contributed by atoms with Crippen molar-refractivity contribution in [3.05, 3.63) is 29.6 Å². The van der Waals surface area contributed by atoms with Crippen LogP contribution >= 0.6 is 12.2 Å². The Morgan fingerprint density at radius 1 is 1.38 bits per heavy atom. The van der Waals surface area contributed by atoms with E-state index in [1.54, 1.807) is 0 Å². The van der Waals surface area contributed by atoms with Crippen LogP contribution in [-0.4, -0.2) is 45.5 Å². The van der Waals surface area contributed by atoms with E-state index in [1.807, 2.05) is 19.0 Å². The molecule has 0 aliphatic heterocycles. The Kier molecular flexibility index (Phi) is 6.66. The third-order valence-corrected chi connectivity index (χ3v) is 4.54.